The Morgan fingerprint density at radius 2 is 1.71 bits per heavy atom. The number of urea groups is 1. The van der Waals surface area contributed by atoms with E-state index in [1.807, 2.05) is 13.8 Å². The van der Waals surface area contributed by atoms with Gasteiger partial charge in [-0.1, -0.05) is 13.8 Å². The SMILES string of the molecule is CC(C)C[C@@H](NC(=O)NC(C)C(N)=O)C(=O)O. The van der Waals surface area contributed by atoms with Crippen LogP contribution < -0.4 is 16.4 Å². The highest BCUT2D eigenvalue weighted by Gasteiger charge is 2.22. The molecule has 0 aromatic rings. The molecular formula is C10H19N3O4. The van der Waals surface area contributed by atoms with Gasteiger partial charge in [-0.15, -0.1) is 0 Å². The summed E-state index contributed by atoms with van der Waals surface area (Å²) in [4.78, 5) is 32.9. The van der Waals surface area contributed by atoms with Crippen molar-refractivity contribution in [3.05, 3.63) is 0 Å². The van der Waals surface area contributed by atoms with Crippen LogP contribution in [0.4, 0.5) is 4.79 Å². The van der Waals surface area contributed by atoms with Gasteiger partial charge in [0.1, 0.15) is 12.1 Å². The van der Waals surface area contributed by atoms with Gasteiger partial charge in [0.2, 0.25) is 5.91 Å². The molecule has 3 amide bonds. The van der Waals surface area contributed by atoms with Gasteiger partial charge in [-0.05, 0) is 19.3 Å². The van der Waals surface area contributed by atoms with Crippen LogP contribution in [0.3, 0.4) is 0 Å². The van der Waals surface area contributed by atoms with Crippen LogP contribution in [0.2, 0.25) is 0 Å². The van der Waals surface area contributed by atoms with Crippen molar-refractivity contribution < 1.29 is 19.5 Å². The van der Waals surface area contributed by atoms with Crippen LogP contribution in [0.15, 0.2) is 0 Å². The van der Waals surface area contributed by atoms with E-state index >= 15 is 0 Å². The highest BCUT2D eigenvalue weighted by atomic mass is 16.4. The van der Waals surface area contributed by atoms with E-state index in [4.69, 9.17) is 10.8 Å². The van der Waals surface area contributed by atoms with Gasteiger partial charge in [-0.25, -0.2) is 9.59 Å². The number of amides is 3. The number of aliphatic carboxylic acids is 1. The summed E-state index contributed by atoms with van der Waals surface area (Å²) in [6, 6.07) is -2.54. The summed E-state index contributed by atoms with van der Waals surface area (Å²) in [6.07, 6.45) is 0.313. The summed E-state index contributed by atoms with van der Waals surface area (Å²) in [5, 5.41) is 13.4. The van der Waals surface area contributed by atoms with E-state index in [9.17, 15) is 14.4 Å². The summed E-state index contributed by atoms with van der Waals surface area (Å²) >= 11 is 0. The van der Waals surface area contributed by atoms with Crippen LogP contribution in [0.1, 0.15) is 27.2 Å². The summed E-state index contributed by atoms with van der Waals surface area (Å²) in [5.41, 5.74) is 4.96. The van der Waals surface area contributed by atoms with Gasteiger partial charge in [0.05, 0.1) is 0 Å². The smallest absolute Gasteiger partial charge is 0.326 e. The third-order valence-corrected chi connectivity index (χ3v) is 2.08. The van der Waals surface area contributed by atoms with Crippen molar-refractivity contribution in [2.75, 3.05) is 0 Å². The molecule has 5 N–H and O–H groups in total. The Labute approximate surface area is 99.7 Å². The minimum Gasteiger partial charge on any atom is -0.480 e. The van der Waals surface area contributed by atoms with Gasteiger partial charge in [-0.2, -0.15) is 0 Å². The second-order valence-corrected chi connectivity index (χ2v) is 4.26. The minimum atomic E-state index is -1.11. The van der Waals surface area contributed by atoms with E-state index in [0.29, 0.717) is 6.42 Å². The number of carboxylic acid groups (broad SMARTS) is 1. The van der Waals surface area contributed by atoms with E-state index in [-0.39, 0.29) is 5.92 Å². The van der Waals surface area contributed by atoms with Gasteiger partial charge >= 0.3 is 12.0 Å². The van der Waals surface area contributed by atoms with E-state index < -0.39 is 30.0 Å². The van der Waals surface area contributed by atoms with Crippen LogP contribution in [-0.2, 0) is 9.59 Å². The van der Waals surface area contributed by atoms with E-state index in [2.05, 4.69) is 10.6 Å². The van der Waals surface area contributed by atoms with Crippen LogP contribution in [0.25, 0.3) is 0 Å². The summed E-state index contributed by atoms with van der Waals surface area (Å²) in [7, 11) is 0. The second-order valence-electron chi connectivity index (χ2n) is 4.26. The summed E-state index contributed by atoms with van der Waals surface area (Å²) < 4.78 is 0. The number of rotatable bonds is 6. The minimum absolute atomic E-state index is 0.130. The molecule has 2 atom stereocenters. The maximum atomic E-state index is 11.4. The first-order chi connectivity index (χ1) is 7.73. The Morgan fingerprint density at radius 3 is 2.06 bits per heavy atom. The molecule has 98 valence electrons. The third kappa shape index (κ3) is 6.39. The normalized spacial score (nSPS) is 13.9. The molecule has 1 unspecified atom stereocenters. The van der Waals surface area contributed by atoms with Crippen molar-refractivity contribution in [1.29, 1.82) is 0 Å². The molecule has 0 aliphatic carbocycles. The third-order valence-electron chi connectivity index (χ3n) is 2.08. The maximum Gasteiger partial charge on any atom is 0.326 e. The Kier molecular flexibility index (Phi) is 6.01. The fourth-order valence-electron chi connectivity index (χ4n) is 1.16. The van der Waals surface area contributed by atoms with Gasteiger partial charge < -0.3 is 21.5 Å². The molecule has 0 radical (unpaired) electrons. The number of nitrogens with two attached hydrogens (primary N) is 1. The number of carbonyl (C=O) groups is 3. The zero-order chi connectivity index (χ0) is 13.6. The monoisotopic (exact) mass is 245 g/mol. The second kappa shape index (κ2) is 6.72. The van der Waals surface area contributed by atoms with Gasteiger partial charge in [0.15, 0.2) is 0 Å². The molecule has 0 saturated heterocycles. The Morgan fingerprint density at radius 1 is 1.18 bits per heavy atom. The molecule has 0 aliphatic rings. The zero-order valence-corrected chi connectivity index (χ0v) is 10.2. The average molecular weight is 245 g/mol. The lowest BCUT2D eigenvalue weighted by Gasteiger charge is -2.18. The molecule has 0 heterocycles. The number of hydrogen-bond donors (Lipinski definition) is 4. The van der Waals surface area contributed by atoms with Gasteiger partial charge in [0, 0.05) is 0 Å². The number of hydrogen-bond acceptors (Lipinski definition) is 3. The molecule has 7 heteroatoms. The molecule has 0 saturated carbocycles. The fourth-order valence-corrected chi connectivity index (χ4v) is 1.16. The van der Waals surface area contributed by atoms with Crippen molar-refractivity contribution in [3.8, 4) is 0 Å². The highest BCUT2D eigenvalue weighted by Crippen LogP contribution is 2.04. The quantitative estimate of drug-likeness (QED) is 0.511. The van der Waals surface area contributed by atoms with Gasteiger partial charge in [-0.3, -0.25) is 4.79 Å². The fraction of sp³-hybridized carbons (Fsp3) is 0.700. The predicted molar refractivity (Wildman–Crippen MR) is 61.2 cm³/mol. The molecule has 0 aromatic carbocycles. The van der Waals surface area contributed by atoms with E-state index in [1.165, 1.54) is 6.92 Å². The Hall–Kier alpha value is -1.79. The van der Waals surface area contributed by atoms with Crippen LogP contribution in [-0.4, -0.2) is 35.1 Å². The topological polar surface area (TPSA) is 122 Å². The van der Waals surface area contributed by atoms with Crippen LogP contribution in [0, 0.1) is 5.92 Å². The Balaban J connectivity index is 4.31. The predicted octanol–water partition coefficient (Wildman–Crippen LogP) is -0.341. The molecule has 0 fully saturated rings. The van der Waals surface area contributed by atoms with Crippen molar-refractivity contribution in [2.24, 2.45) is 11.7 Å². The molecule has 0 spiro atoms. The summed E-state index contributed by atoms with van der Waals surface area (Å²) in [5.74, 6) is -1.67. The molecule has 0 aliphatic heterocycles. The molecule has 7 nitrogen and oxygen atoms in total. The lowest BCUT2D eigenvalue weighted by atomic mass is 10.0. The molecule has 0 aromatic heterocycles. The standard InChI is InChI=1S/C10H19N3O4/c1-5(2)4-7(9(15)16)13-10(17)12-6(3)8(11)14/h5-7H,4H2,1-3H3,(H2,11,14)(H,15,16)(H2,12,13,17)/t6?,7-/m1/s1. The molecule has 0 bridgehead atoms. The molecule has 0 rings (SSSR count). The lowest BCUT2D eigenvalue weighted by Crippen LogP contribution is -2.51. The number of carbonyl (C=O) groups excluding carboxylic acids is 2. The van der Waals surface area contributed by atoms with Gasteiger partial charge in [0.25, 0.3) is 0 Å². The van der Waals surface area contributed by atoms with E-state index in [1.54, 1.807) is 0 Å². The first-order valence-electron chi connectivity index (χ1n) is 5.33. The number of nitrogens with one attached hydrogen (secondary N) is 2. The van der Waals surface area contributed by atoms with Crippen molar-refractivity contribution in [1.82, 2.24) is 10.6 Å². The number of primary amides is 1. The first-order valence-corrected chi connectivity index (χ1v) is 5.33. The maximum absolute atomic E-state index is 11.4. The zero-order valence-electron chi connectivity index (χ0n) is 10.2. The van der Waals surface area contributed by atoms with Crippen LogP contribution >= 0.6 is 0 Å². The Bertz CT molecular complexity index is 304. The molecule has 17 heavy (non-hydrogen) atoms. The number of carboxylic acids is 1. The first kappa shape index (κ1) is 15.2. The average Bonchev–Trinajstić information content (AvgIpc) is 2.15. The summed E-state index contributed by atoms with van der Waals surface area (Å²) in [6.45, 7) is 5.11. The highest BCUT2D eigenvalue weighted by molar-refractivity contribution is 5.87. The largest absolute Gasteiger partial charge is 0.480 e. The van der Waals surface area contributed by atoms with Crippen molar-refractivity contribution in [2.45, 2.75) is 39.3 Å². The molecular weight excluding hydrogens is 226 g/mol. The van der Waals surface area contributed by atoms with E-state index in [0.717, 1.165) is 0 Å². The van der Waals surface area contributed by atoms with Crippen LogP contribution in [0.5, 0.6) is 0 Å². The van der Waals surface area contributed by atoms with Crippen molar-refractivity contribution in [3.63, 3.8) is 0 Å². The lowest BCUT2D eigenvalue weighted by molar-refractivity contribution is -0.139. The van der Waals surface area contributed by atoms with Crippen molar-refractivity contribution >= 4 is 17.9 Å².